The first-order valence-electron chi connectivity index (χ1n) is 6.76. The minimum Gasteiger partial charge on any atom is -0.355 e. The van der Waals surface area contributed by atoms with Crippen molar-refractivity contribution in [1.29, 1.82) is 0 Å². The average molecular weight is 257 g/mol. The third-order valence-electron chi connectivity index (χ3n) is 2.84. The molecule has 0 aliphatic carbocycles. The van der Waals surface area contributed by atoms with E-state index in [1.54, 1.807) is 13.8 Å². The summed E-state index contributed by atoms with van der Waals surface area (Å²) < 4.78 is 0. The van der Waals surface area contributed by atoms with Crippen molar-refractivity contribution in [3.8, 4) is 0 Å². The topological polar surface area (TPSA) is 70.2 Å². The van der Waals surface area contributed by atoms with Crippen LogP contribution >= 0.6 is 0 Å². The van der Waals surface area contributed by atoms with Gasteiger partial charge in [-0.15, -0.1) is 0 Å². The number of amides is 2. The summed E-state index contributed by atoms with van der Waals surface area (Å²) in [5, 5.41) is 8.67. The summed E-state index contributed by atoms with van der Waals surface area (Å²) in [7, 11) is 0. The van der Waals surface area contributed by atoms with E-state index in [9.17, 15) is 9.59 Å². The van der Waals surface area contributed by atoms with Gasteiger partial charge in [-0.1, -0.05) is 13.8 Å². The Labute approximate surface area is 110 Å². The fourth-order valence-electron chi connectivity index (χ4n) is 1.40. The van der Waals surface area contributed by atoms with E-state index in [2.05, 4.69) is 16.0 Å². The largest absolute Gasteiger partial charge is 0.355 e. The summed E-state index contributed by atoms with van der Waals surface area (Å²) in [6.07, 6.45) is 1.80. The zero-order valence-electron chi connectivity index (χ0n) is 12.2. The molecule has 0 bridgehead atoms. The van der Waals surface area contributed by atoms with E-state index < -0.39 is 0 Å². The van der Waals surface area contributed by atoms with Gasteiger partial charge in [-0.05, 0) is 33.6 Å². The molecule has 0 aliphatic rings. The smallest absolute Gasteiger partial charge is 0.237 e. The molecule has 3 unspecified atom stereocenters. The molecular weight excluding hydrogens is 230 g/mol. The van der Waals surface area contributed by atoms with E-state index in [0.29, 0.717) is 6.54 Å². The van der Waals surface area contributed by atoms with Crippen LogP contribution in [0.25, 0.3) is 0 Å². The molecule has 0 radical (unpaired) electrons. The van der Waals surface area contributed by atoms with Crippen LogP contribution in [0.15, 0.2) is 0 Å². The van der Waals surface area contributed by atoms with Gasteiger partial charge in [0, 0.05) is 12.6 Å². The standard InChI is InChI=1S/C13H27N3O2/c1-6-8-14-12(17)10(4)16-11(5)13(18)15-9(3)7-2/h9-11,16H,6-8H2,1-5H3,(H,14,17)(H,15,18). The van der Waals surface area contributed by atoms with E-state index in [0.717, 1.165) is 12.8 Å². The highest BCUT2D eigenvalue weighted by atomic mass is 16.2. The summed E-state index contributed by atoms with van der Waals surface area (Å²) in [6.45, 7) is 10.2. The van der Waals surface area contributed by atoms with E-state index >= 15 is 0 Å². The van der Waals surface area contributed by atoms with Crippen LogP contribution in [0.2, 0.25) is 0 Å². The Kier molecular flexibility index (Phi) is 8.37. The van der Waals surface area contributed by atoms with Gasteiger partial charge >= 0.3 is 0 Å². The van der Waals surface area contributed by atoms with E-state index in [1.807, 2.05) is 20.8 Å². The molecule has 0 heterocycles. The minimum absolute atomic E-state index is 0.0694. The first-order chi connectivity index (χ1) is 8.42. The molecule has 0 aliphatic heterocycles. The second-order valence-electron chi connectivity index (χ2n) is 4.72. The van der Waals surface area contributed by atoms with E-state index in [-0.39, 0.29) is 29.9 Å². The van der Waals surface area contributed by atoms with Crippen molar-refractivity contribution in [1.82, 2.24) is 16.0 Å². The summed E-state index contributed by atoms with van der Waals surface area (Å²) >= 11 is 0. The van der Waals surface area contributed by atoms with Crippen molar-refractivity contribution in [2.24, 2.45) is 0 Å². The monoisotopic (exact) mass is 257 g/mol. The van der Waals surface area contributed by atoms with Gasteiger partial charge in [0.15, 0.2) is 0 Å². The predicted octanol–water partition coefficient (Wildman–Crippen LogP) is 0.794. The lowest BCUT2D eigenvalue weighted by Gasteiger charge is -2.21. The highest BCUT2D eigenvalue weighted by Gasteiger charge is 2.20. The quantitative estimate of drug-likeness (QED) is 0.602. The molecule has 0 aromatic carbocycles. The van der Waals surface area contributed by atoms with Gasteiger partial charge in [-0.3, -0.25) is 14.9 Å². The predicted molar refractivity (Wildman–Crippen MR) is 73.3 cm³/mol. The number of carbonyl (C=O) groups excluding carboxylic acids is 2. The fraction of sp³-hybridized carbons (Fsp3) is 0.846. The highest BCUT2D eigenvalue weighted by Crippen LogP contribution is 1.93. The average Bonchev–Trinajstić information content (AvgIpc) is 2.35. The molecule has 0 saturated carbocycles. The molecule has 0 spiro atoms. The molecule has 18 heavy (non-hydrogen) atoms. The zero-order chi connectivity index (χ0) is 14.1. The third-order valence-corrected chi connectivity index (χ3v) is 2.84. The summed E-state index contributed by atoms with van der Waals surface area (Å²) in [4.78, 5) is 23.4. The molecule has 0 fully saturated rings. The lowest BCUT2D eigenvalue weighted by atomic mass is 10.2. The molecule has 106 valence electrons. The molecular formula is C13H27N3O2. The number of nitrogens with one attached hydrogen (secondary N) is 3. The van der Waals surface area contributed by atoms with Crippen molar-refractivity contribution < 1.29 is 9.59 Å². The van der Waals surface area contributed by atoms with Crippen LogP contribution in [-0.4, -0.2) is 36.5 Å². The Hall–Kier alpha value is -1.10. The van der Waals surface area contributed by atoms with Crippen molar-refractivity contribution in [2.45, 2.75) is 65.6 Å². The van der Waals surface area contributed by atoms with Crippen LogP contribution in [0.4, 0.5) is 0 Å². The Morgan fingerprint density at radius 3 is 2.06 bits per heavy atom. The zero-order valence-corrected chi connectivity index (χ0v) is 12.2. The lowest BCUT2D eigenvalue weighted by Crippen LogP contribution is -2.52. The van der Waals surface area contributed by atoms with Crippen molar-refractivity contribution >= 4 is 11.8 Å². The van der Waals surface area contributed by atoms with E-state index in [1.165, 1.54) is 0 Å². The SMILES string of the molecule is CCCNC(=O)C(C)NC(C)C(=O)NC(C)CC. The van der Waals surface area contributed by atoms with Crippen LogP contribution in [-0.2, 0) is 9.59 Å². The van der Waals surface area contributed by atoms with Gasteiger partial charge in [0.05, 0.1) is 12.1 Å². The highest BCUT2D eigenvalue weighted by molar-refractivity contribution is 5.84. The second-order valence-corrected chi connectivity index (χ2v) is 4.72. The maximum atomic E-state index is 11.8. The first-order valence-corrected chi connectivity index (χ1v) is 6.76. The third kappa shape index (κ3) is 6.59. The molecule has 5 heteroatoms. The minimum atomic E-state index is -0.374. The molecule has 3 N–H and O–H groups in total. The van der Waals surface area contributed by atoms with Gasteiger partial charge in [-0.2, -0.15) is 0 Å². The van der Waals surface area contributed by atoms with Gasteiger partial charge in [0.2, 0.25) is 11.8 Å². The van der Waals surface area contributed by atoms with Gasteiger partial charge in [-0.25, -0.2) is 0 Å². The molecule has 0 aromatic heterocycles. The molecule has 0 rings (SSSR count). The Bertz CT molecular complexity index is 269. The van der Waals surface area contributed by atoms with Crippen LogP contribution < -0.4 is 16.0 Å². The van der Waals surface area contributed by atoms with Crippen LogP contribution in [0.1, 0.15) is 47.5 Å². The van der Waals surface area contributed by atoms with Crippen molar-refractivity contribution in [2.75, 3.05) is 6.54 Å². The Morgan fingerprint density at radius 2 is 1.56 bits per heavy atom. The maximum Gasteiger partial charge on any atom is 0.237 e. The van der Waals surface area contributed by atoms with Gasteiger partial charge in [0.1, 0.15) is 0 Å². The summed E-state index contributed by atoms with van der Waals surface area (Å²) in [6, 6.07) is -0.582. The molecule has 0 saturated heterocycles. The normalized spacial score (nSPS) is 15.6. The van der Waals surface area contributed by atoms with Crippen LogP contribution in [0.3, 0.4) is 0 Å². The molecule has 2 amide bonds. The molecule has 3 atom stereocenters. The first kappa shape index (κ1) is 16.9. The molecule has 0 aromatic rings. The Morgan fingerprint density at radius 1 is 1.00 bits per heavy atom. The van der Waals surface area contributed by atoms with Crippen molar-refractivity contribution in [3.05, 3.63) is 0 Å². The van der Waals surface area contributed by atoms with Gasteiger partial charge in [0.25, 0.3) is 0 Å². The van der Waals surface area contributed by atoms with E-state index in [4.69, 9.17) is 0 Å². The Balaban J connectivity index is 4.09. The number of hydrogen-bond donors (Lipinski definition) is 3. The summed E-state index contributed by atoms with van der Waals surface area (Å²) in [5.74, 6) is -0.139. The number of carbonyl (C=O) groups is 2. The molecule has 5 nitrogen and oxygen atoms in total. The maximum absolute atomic E-state index is 11.8. The van der Waals surface area contributed by atoms with Gasteiger partial charge < -0.3 is 10.6 Å². The lowest BCUT2D eigenvalue weighted by molar-refractivity contribution is -0.125. The number of rotatable bonds is 8. The second kappa shape index (κ2) is 8.91. The van der Waals surface area contributed by atoms with Crippen LogP contribution in [0, 0.1) is 0 Å². The van der Waals surface area contributed by atoms with Crippen LogP contribution in [0.5, 0.6) is 0 Å². The van der Waals surface area contributed by atoms with Crippen molar-refractivity contribution in [3.63, 3.8) is 0 Å². The fourth-order valence-corrected chi connectivity index (χ4v) is 1.40. The summed E-state index contributed by atoms with van der Waals surface area (Å²) in [5.41, 5.74) is 0. The number of hydrogen-bond acceptors (Lipinski definition) is 3.